The highest BCUT2D eigenvalue weighted by Gasteiger charge is 1.98. The SMILES string of the molecule is C.CC1=CC=CC(c2ccccc2)=CC1. The molecule has 0 heteroatoms. The summed E-state index contributed by atoms with van der Waals surface area (Å²) in [6, 6.07) is 10.5. The smallest absolute Gasteiger partial charge is 0.0129 e. The lowest BCUT2D eigenvalue weighted by atomic mass is 10.0. The molecule has 0 saturated heterocycles. The average Bonchev–Trinajstić information content (AvgIpc) is 2.44. The molecular weight excluding hydrogens is 180 g/mol. The van der Waals surface area contributed by atoms with E-state index in [1.807, 2.05) is 6.07 Å². The zero-order chi connectivity index (χ0) is 9.80. The van der Waals surface area contributed by atoms with E-state index in [1.54, 1.807) is 0 Å². The quantitative estimate of drug-likeness (QED) is 0.618. The van der Waals surface area contributed by atoms with Gasteiger partial charge in [0.25, 0.3) is 0 Å². The molecule has 1 aromatic rings. The van der Waals surface area contributed by atoms with Crippen LogP contribution in [0.5, 0.6) is 0 Å². The number of rotatable bonds is 1. The predicted octanol–water partition coefficient (Wildman–Crippen LogP) is 4.61. The van der Waals surface area contributed by atoms with Crippen LogP contribution in [0.15, 0.2) is 60.2 Å². The molecule has 0 nitrogen and oxygen atoms in total. The molecule has 1 aromatic carbocycles. The van der Waals surface area contributed by atoms with Crippen LogP contribution in [-0.4, -0.2) is 0 Å². The van der Waals surface area contributed by atoms with E-state index in [9.17, 15) is 0 Å². The van der Waals surface area contributed by atoms with Crippen molar-refractivity contribution < 1.29 is 0 Å². The van der Waals surface area contributed by atoms with Gasteiger partial charge in [-0.05, 0) is 24.5 Å². The molecule has 0 bridgehead atoms. The van der Waals surface area contributed by atoms with E-state index in [2.05, 4.69) is 55.5 Å². The largest absolute Gasteiger partial charge is 0.0776 e. The predicted molar refractivity (Wildman–Crippen MR) is 68.7 cm³/mol. The third kappa shape index (κ3) is 2.95. The minimum Gasteiger partial charge on any atom is -0.0776 e. The lowest BCUT2D eigenvalue weighted by Crippen LogP contribution is -1.79. The van der Waals surface area contributed by atoms with Crippen molar-refractivity contribution in [2.24, 2.45) is 0 Å². The van der Waals surface area contributed by atoms with Crippen molar-refractivity contribution in [3.63, 3.8) is 0 Å². The molecule has 0 saturated carbocycles. The molecule has 0 radical (unpaired) electrons. The molecule has 1 aliphatic carbocycles. The van der Waals surface area contributed by atoms with Crippen LogP contribution >= 0.6 is 0 Å². The fraction of sp³-hybridized carbons (Fsp3) is 0.200. The van der Waals surface area contributed by atoms with Crippen LogP contribution in [0.1, 0.15) is 26.3 Å². The van der Waals surface area contributed by atoms with E-state index in [-0.39, 0.29) is 7.43 Å². The van der Waals surface area contributed by atoms with Crippen LogP contribution < -0.4 is 0 Å². The van der Waals surface area contributed by atoms with Crippen molar-refractivity contribution in [1.29, 1.82) is 0 Å². The monoisotopic (exact) mass is 198 g/mol. The molecule has 0 spiro atoms. The summed E-state index contributed by atoms with van der Waals surface area (Å²) in [6.45, 7) is 2.16. The summed E-state index contributed by atoms with van der Waals surface area (Å²) in [7, 11) is 0. The van der Waals surface area contributed by atoms with E-state index in [4.69, 9.17) is 0 Å². The van der Waals surface area contributed by atoms with E-state index in [0.29, 0.717) is 0 Å². The van der Waals surface area contributed by atoms with Gasteiger partial charge in [0.2, 0.25) is 0 Å². The van der Waals surface area contributed by atoms with Crippen LogP contribution in [-0.2, 0) is 0 Å². The Labute approximate surface area is 92.6 Å². The second kappa shape index (κ2) is 5.35. The molecule has 0 fully saturated rings. The van der Waals surface area contributed by atoms with E-state index < -0.39 is 0 Å². The van der Waals surface area contributed by atoms with E-state index in [0.717, 1.165) is 6.42 Å². The van der Waals surface area contributed by atoms with Crippen molar-refractivity contribution in [2.75, 3.05) is 0 Å². The first-order valence-electron chi connectivity index (χ1n) is 4.96. The molecule has 2 rings (SSSR count). The van der Waals surface area contributed by atoms with Gasteiger partial charge in [-0.25, -0.2) is 0 Å². The van der Waals surface area contributed by atoms with Gasteiger partial charge in [-0.15, -0.1) is 0 Å². The first-order chi connectivity index (χ1) is 6.86. The lowest BCUT2D eigenvalue weighted by Gasteiger charge is -2.00. The Hall–Kier alpha value is -1.56. The summed E-state index contributed by atoms with van der Waals surface area (Å²) in [6.07, 6.45) is 9.81. The number of benzene rings is 1. The van der Waals surface area contributed by atoms with Crippen LogP contribution in [0.3, 0.4) is 0 Å². The van der Waals surface area contributed by atoms with Gasteiger partial charge in [0.05, 0.1) is 0 Å². The van der Waals surface area contributed by atoms with E-state index in [1.165, 1.54) is 16.7 Å². The van der Waals surface area contributed by atoms with Gasteiger partial charge in [-0.3, -0.25) is 0 Å². The number of allylic oxidation sites excluding steroid dienone is 6. The maximum absolute atomic E-state index is 2.28. The molecular formula is C15H18. The molecule has 78 valence electrons. The minimum absolute atomic E-state index is 0. The summed E-state index contributed by atoms with van der Waals surface area (Å²) in [5.74, 6) is 0. The second-order valence-electron chi connectivity index (χ2n) is 3.60. The van der Waals surface area contributed by atoms with Crippen LogP contribution in [0, 0.1) is 0 Å². The van der Waals surface area contributed by atoms with Gasteiger partial charge >= 0.3 is 0 Å². The lowest BCUT2D eigenvalue weighted by molar-refractivity contribution is 1.22. The van der Waals surface area contributed by atoms with Crippen molar-refractivity contribution in [3.8, 4) is 0 Å². The van der Waals surface area contributed by atoms with Crippen LogP contribution in [0.4, 0.5) is 0 Å². The van der Waals surface area contributed by atoms with Crippen molar-refractivity contribution in [2.45, 2.75) is 20.8 Å². The Morgan fingerprint density at radius 3 is 2.53 bits per heavy atom. The van der Waals surface area contributed by atoms with Gasteiger partial charge in [0, 0.05) is 0 Å². The fourth-order valence-electron chi connectivity index (χ4n) is 1.57. The summed E-state index contributed by atoms with van der Waals surface area (Å²) in [4.78, 5) is 0. The van der Waals surface area contributed by atoms with Crippen LogP contribution in [0.25, 0.3) is 5.57 Å². The van der Waals surface area contributed by atoms with Gasteiger partial charge in [-0.2, -0.15) is 0 Å². The topological polar surface area (TPSA) is 0 Å². The van der Waals surface area contributed by atoms with Crippen molar-refractivity contribution in [1.82, 2.24) is 0 Å². The molecule has 0 unspecified atom stereocenters. The fourth-order valence-corrected chi connectivity index (χ4v) is 1.57. The Morgan fingerprint density at radius 1 is 1.07 bits per heavy atom. The second-order valence-corrected chi connectivity index (χ2v) is 3.60. The van der Waals surface area contributed by atoms with Gasteiger partial charge in [-0.1, -0.05) is 67.6 Å². The molecule has 1 aliphatic rings. The third-order valence-corrected chi connectivity index (χ3v) is 2.41. The number of hydrogen-bond acceptors (Lipinski definition) is 0. The Morgan fingerprint density at radius 2 is 1.80 bits per heavy atom. The molecule has 0 heterocycles. The molecule has 0 aliphatic heterocycles. The molecule has 0 amide bonds. The zero-order valence-electron chi connectivity index (χ0n) is 8.40. The van der Waals surface area contributed by atoms with Crippen molar-refractivity contribution >= 4 is 5.57 Å². The van der Waals surface area contributed by atoms with Gasteiger partial charge in [0.1, 0.15) is 0 Å². The maximum Gasteiger partial charge on any atom is -0.0129 e. The summed E-state index contributed by atoms with van der Waals surface area (Å²) in [5, 5.41) is 0. The Kier molecular flexibility index (Phi) is 4.11. The zero-order valence-corrected chi connectivity index (χ0v) is 8.40. The normalized spacial score (nSPS) is 14.7. The Bertz CT molecular complexity index is 391. The standard InChI is InChI=1S/C14H14.CH4/c1-12-6-5-9-14(11-10-12)13-7-3-2-4-8-13;/h2-9,11H,10H2,1H3;1H4. The Balaban J connectivity index is 0.00000112. The molecule has 0 N–H and O–H groups in total. The average molecular weight is 198 g/mol. The number of hydrogen-bond donors (Lipinski definition) is 0. The highest BCUT2D eigenvalue weighted by atomic mass is 14.0. The molecule has 15 heavy (non-hydrogen) atoms. The van der Waals surface area contributed by atoms with Crippen molar-refractivity contribution in [3.05, 3.63) is 65.8 Å². The van der Waals surface area contributed by atoms with E-state index >= 15 is 0 Å². The minimum atomic E-state index is 0. The molecule has 0 atom stereocenters. The van der Waals surface area contributed by atoms with Gasteiger partial charge < -0.3 is 0 Å². The summed E-state index contributed by atoms with van der Waals surface area (Å²) < 4.78 is 0. The highest BCUT2D eigenvalue weighted by Crippen LogP contribution is 2.20. The highest BCUT2D eigenvalue weighted by molar-refractivity contribution is 5.75. The maximum atomic E-state index is 2.28. The third-order valence-electron chi connectivity index (χ3n) is 2.41. The summed E-state index contributed by atoms with van der Waals surface area (Å²) in [5.41, 5.74) is 4.03. The summed E-state index contributed by atoms with van der Waals surface area (Å²) >= 11 is 0. The molecule has 0 aromatic heterocycles. The van der Waals surface area contributed by atoms with Gasteiger partial charge in [0.15, 0.2) is 0 Å². The first kappa shape index (κ1) is 11.5. The first-order valence-corrected chi connectivity index (χ1v) is 4.96. The van der Waals surface area contributed by atoms with Crippen LogP contribution in [0.2, 0.25) is 0 Å².